The van der Waals surface area contributed by atoms with Gasteiger partial charge in [0.15, 0.2) is 0 Å². The van der Waals surface area contributed by atoms with Crippen LogP contribution in [0.2, 0.25) is 0 Å². The smallest absolute Gasteiger partial charge is 0.0742 e. The molecule has 0 radical (unpaired) electrons. The Morgan fingerprint density at radius 3 is 2.92 bits per heavy atom. The predicted molar refractivity (Wildman–Crippen MR) is 54.4 cm³/mol. The lowest BCUT2D eigenvalue weighted by atomic mass is 10.2. The van der Waals surface area contributed by atoms with E-state index in [0.29, 0.717) is 0 Å². The second-order valence-corrected chi connectivity index (χ2v) is 2.92. The average molecular weight is 170 g/mol. The van der Waals surface area contributed by atoms with E-state index >= 15 is 0 Å². The van der Waals surface area contributed by atoms with Gasteiger partial charge in [0.1, 0.15) is 0 Å². The minimum absolute atomic E-state index is 0.894. The van der Waals surface area contributed by atoms with E-state index in [9.17, 15) is 0 Å². The molecule has 0 atom stereocenters. The van der Waals surface area contributed by atoms with E-state index in [1.54, 1.807) is 12.3 Å². The highest BCUT2D eigenvalue weighted by atomic mass is 14.7. The maximum atomic E-state index is 4.40. The van der Waals surface area contributed by atoms with Crippen molar-refractivity contribution in [2.24, 2.45) is 0 Å². The van der Waals surface area contributed by atoms with E-state index in [0.717, 1.165) is 22.3 Å². The zero-order chi connectivity index (χ0) is 9.26. The number of hydrogen-bond donors (Lipinski definition) is 0. The molecule has 0 unspecified atom stereocenters. The summed E-state index contributed by atoms with van der Waals surface area (Å²) in [5.74, 6) is 0. The monoisotopic (exact) mass is 170 g/mol. The molecule has 0 fully saturated rings. The van der Waals surface area contributed by atoms with Gasteiger partial charge in [0.25, 0.3) is 0 Å². The molecule has 2 aromatic rings. The average Bonchev–Trinajstić information content (AvgIpc) is 2.16. The molecule has 0 saturated carbocycles. The van der Waals surface area contributed by atoms with Crippen molar-refractivity contribution >= 4 is 17.0 Å². The minimum atomic E-state index is 0.894. The maximum absolute atomic E-state index is 4.40. The standard InChI is InChI=1S/C11H10N2/c1-3-10-9-5-4-8(2)13-11(9)6-7-12-10/h3-7H,1H2,2H3. The van der Waals surface area contributed by atoms with Gasteiger partial charge in [-0.3, -0.25) is 9.97 Å². The molecule has 0 saturated heterocycles. The first-order valence-electron chi connectivity index (χ1n) is 4.16. The molecule has 0 aromatic carbocycles. The molecule has 0 aliphatic rings. The lowest BCUT2D eigenvalue weighted by Gasteiger charge is -2.00. The molecule has 0 amide bonds. The van der Waals surface area contributed by atoms with Gasteiger partial charge in [0, 0.05) is 17.3 Å². The molecule has 0 spiro atoms. The Hall–Kier alpha value is -1.70. The first-order chi connectivity index (χ1) is 6.31. The Balaban J connectivity index is 2.84. The van der Waals surface area contributed by atoms with Gasteiger partial charge in [0.2, 0.25) is 0 Å². The summed E-state index contributed by atoms with van der Waals surface area (Å²) in [6.45, 7) is 5.69. The highest BCUT2D eigenvalue weighted by molar-refractivity contribution is 5.85. The van der Waals surface area contributed by atoms with Crippen LogP contribution in [0.3, 0.4) is 0 Å². The summed E-state index contributed by atoms with van der Waals surface area (Å²) in [7, 11) is 0. The van der Waals surface area contributed by atoms with Crippen LogP contribution in [0.1, 0.15) is 11.4 Å². The molecule has 2 heterocycles. The summed E-state index contributed by atoms with van der Waals surface area (Å²) < 4.78 is 0. The fraction of sp³-hybridized carbons (Fsp3) is 0.0909. The molecule has 2 heteroatoms. The minimum Gasteiger partial charge on any atom is -0.256 e. The highest BCUT2D eigenvalue weighted by Crippen LogP contribution is 2.15. The number of hydrogen-bond acceptors (Lipinski definition) is 2. The maximum Gasteiger partial charge on any atom is 0.0742 e. The largest absolute Gasteiger partial charge is 0.256 e. The summed E-state index contributed by atoms with van der Waals surface area (Å²) in [5.41, 5.74) is 2.89. The van der Waals surface area contributed by atoms with Crippen LogP contribution in [0.4, 0.5) is 0 Å². The normalized spacial score (nSPS) is 10.2. The quantitative estimate of drug-likeness (QED) is 0.657. The summed E-state index contributed by atoms with van der Waals surface area (Å²) in [6.07, 6.45) is 3.51. The molecule has 2 nitrogen and oxygen atoms in total. The van der Waals surface area contributed by atoms with Crippen molar-refractivity contribution in [2.45, 2.75) is 6.92 Å². The third-order valence-corrected chi connectivity index (χ3v) is 1.98. The zero-order valence-corrected chi connectivity index (χ0v) is 7.49. The SMILES string of the molecule is C=Cc1nccc2nc(C)ccc12. The predicted octanol–water partition coefficient (Wildman–Crippen LogP) is 2.58. The number of nitrogens with zero attached hydrogens (tertiary/aromatic N) is 2. The van der Waals surface area contributed by atoms with E-state index in [1.807, 2.05) is 25.1 Å². The van der Waals surface area contributed by atoms with Crippen LogP contribution in [-0.2, 0) is 0 Å². The lowest BCUT2D eigenvalue weighted by Crippen LogP contribution is -1.87. The van der Waals surface area contributed by atoms with Crippen LogP contribution in [0.25, 0.3) is 17.0 Å². The Morgan fingerprint density at radius 2 is 2.15 bits per heavy atom. The van der Waals surface area contributed by atoms with Gasteiger partial charge in [-0.15, -0.1) is 0 Å². The number of aryl methyl sites for hydroxylation is 1. The molecule has 0 aliphatic carbocycles. The Morgan fingerprint density at radius 1 is 1.31 bits per heavy atom. The van der Waals surface area contributed by atoms with E-state index in [2.05, 4.69) is 16.5 Å². The number of aromatic nitrogens is 2. The second kappa shape index (κ2) is 2.98. The Bertz CT molecular complexity index is 461. The summed E-state index contributed by atoms with van der Waals surface area (Å²) in [6, 6.07) is 5.92. The van der Waals surface area contributed by atoms with Crippen molar-refractivity contribution in [1.82, 2.24) is 9.97 Å². The van der Waals surface area contributed by atoms with Gasteiger partial charge in [0.05, 0.1) is 11.2 Å². The number of pyridine rings is 2. The van der Waals surface area contributed by atoms with Crippen molar-refractivity contribution in [3.05, 3.63) is 42.4 Å². The summed E-state index contributed by atoms with van der Waals surface area (Å²) >= 11 is 0. The van der Waals surface area contributed by atoms with Crippen molar-refractivity contribution in [2.75, 3.05) is 0 Å². The molecule has 64 valence electrons. The van der Waals surface area contributed by atoms with Crippen LogP contribution in [0.5, 0.6) is 0 Å². The van der Waals surface area contributed by atoms with Crippen LogP contribution in [-0.4, -0.2) is 9.97 Å². The molecule has 2 aromatic heterocycles. The molecule has 0 aliphatic heterocycles. The van der Waals surface area contributed by atoms with E-state index in [-0.39, 0.29) is 0 Å². The van der Waals surface area contributed by atoms with Gasteiger partial charge in [-0.25, -0.2) is 0 Å². The molecule has 2 rings (SSSR count). The van der Waals surface area contributed by atoms with Gasteiger partial charge >= 0.3 is 0 Å². The summed E-state index contributed by atoms with van der Waals surface area (Å²) in [4.78, 5) is 8.59. The van der Waals surface area contributed by atoms with Gasteiger partial charge in [-0.05, 0) is 31.2 Å². The number of rotatable bonds is 1. The Kier molecular flexibility index (Phi) is 1.81. The van der Waals surface area contributed by atoms with Crippen molar-refractivity contribution in [1.29, 1.82) is 0 Å². The fourth-order valence-corrected chi connectivity index (χ4v) is 1.34. The van der Waals surface area contributed by atoms with Crippen molar-refractivity contribution in [3.8, 4) is 0 Å². The molecular weight excluding hydrogens is 160 g/mol. The Labute approximate surface area is 77.0 Å². The molecule has 0 N–H and O–H groups in total. The second-order valence-electron chi connectivity index (χ2n) is 2.92. The fourth-order valence-electron chi connectivity index (χ4n) is 1.34. The van der Waals surface area contributed by atoms with Crippen LogP contribution in [0.15, 0.2) is 31.0 Å². The third kappa shape index (κ3) is 1.31. The van der Waals surface area contributed by atoms with Crippen molar-refractivity contribution < 1.29 is 0 Å². The van der Waals surface area contributed by atoms with Gasteiger partial charge < -0.3 is 0 Å². The van der Waals surface area contributed by atoms with E-state index < -0.39 is 0 Å². The van der Waals surface area contributed by atoms with Crippen LogP contribution >= 0.6 is 0 Å². The highest BCUT2D eigenvalue weighted by Gasteiger charge is 1.98. The van der Waals surface area contributed by atoms with Gasteiger partial charge in [-0.2, -0.15) is 0 Å². The van der Waals surface area contributed by atoms with Crippen molar-refractivity contribution in [3.63, 3.8) is 0 Å². The molecule has 0 bridgehead atoms. The summed E-state index contributed by atoms with van der Waals surface area (Å²) in [5, 5.41) is 1.06. The van der Waals surface area contributed by atoms with E-state index in [1.165, 1.54) is 0 Å². The third-order valence-electron chi connectivity index (χ3n) is 1.98. The van der Waals surface area contributed by atoms with E-state index in [4.69, 9.17) is 0 Å². The molecule has 13 heavy (non-hydrogen) atoms. The van der Waals surface area contributed by atoms with Crippen LogP contribution < -0.4 is 0 Å². The number of fused-ring (bicyclic) bond motifs is 1. The van der Waals surface area contributed by atoms with Crippen LogP contribution in [0, 0.1) is 6.92 Å². The first kappa shape index (κ1) is 7.92. The topological polar surface area (TPSA) is 25.8 Å². The molecular formula is C11H10N2. The lowest BCUT2D eigenvalue weighted by molar-refractivity contribution is 1.23. The zero-order valence-electron chi connectivity index (χ0n) is 7.49. The first-order valence-corrected chi connectivity index (χ1v) is 4.16. The van der Waals surface area contributed by atoms with Gasteiger partial charge in [-0.1, -0.05) is 6.58 Å².